The van der Waals surface area contributed by atoms with Gasteiger partial charge < -0.3 is 14.5 Å². The van der Waals surface area contributed by atoms with E-state index >= 15 is 0 Å². The normalized spacial score (nSPS) is 22.9. The summed E-state index contributed by atoms with van der Waals surface area (Å²) in [5.74, 6) is 0.817. The number of benzene rings is 1. The van der Waals surface area contributed by atoms with Gasteiger partial charge >= 0.3 is 0 Å². The van der Waals surface area contributed by atoms with Crippen LogP contribution in [0.4, 0.5) is 0 Å². The minimum atomic E-state index is -0.626. The monoisotopic (exact) mass is 394 g/mol. The van der Waals surface area contributed by atoms with Gasteiger partial charge in [0.15, 0.2) is 5.03 Å². The van der Waals surface area contributed by atoms with Crippen molar-refractivity contribution >= 4 is 28.0 Å². The molecule has 0 N–H and O–H groups in total. The molecule has 24 heavy (non-hydrogen) atoms. The van der Waals surface area contributed by atoms with Crippen LogP contribution in [-0.2, 0) is 4.74 Å². The van der Waals surface area contributed by atoms with Crippen LogP contribution in [0.15, 0.2) is 40.0 Å². The van der Waals surface area contributed by atoms with E-state index in [1.165, 1.54) is 0 Å². The molecule has 0 aromatic heterocycles. The molecule has 2 saturated heterocycles. The molecular formula is C16H19BrN4O3. The molecule has 2 fully saturated rings. The van der Waals surface area contributed by atoms with E-state index in [1.54, 1.807) is 0 Å². The summed E-state index contributed by atoms with van der Waals surface area (Å²) in [5.41, 5.74) is 1.03. The summed E-state index contributed by atoms with van der Waals surface area (Å²) in [4.78, 5) is 14.7. The minimum Gasteiger partial charge on any atom is -0.381 e. The third-order valence-corrected chi connectivity index (χ3v) is 4.67. The summed E-state index contributed by atoms with van der Waals surface area (Å²) in [6.07, 6.45) is 4.79. The summed E-state index contributed by atoms with van der Waals surface area (Å²) in [5, 5.41) is 13.9. The molecule has 0 spiro atoms. The van der Waals surface area contributed by atoms with E-state index in [9.17, 15) is 10.1 Å². The van der Waals surface area contributed by atoms with E-state index < -0.39 is 5.03 Å². The number of guanidine groups is 1. The Morgan fingerprint density at radius 2 is 2.17 bits per heavy atom. The molecule has 0 radical (unpaired) electrons. The predicted octanol–water partition coefficient (Wildman–Crippen LogP) is 2.62. The molecule has 0 aliphatic carbocycles. The second-order valence-corrected chi connectivity index (χ2v) is 6.79. The summed E-state index contributed by atoms with van der Waals surface area (Å²) >= 11 is 3.40. The van der Waals surface area contributed by atoms with Crippen molar-refractivity contribution in [3.63, 3.8) is 0 Å². The number of hydrazone groups is 1. The van der Waals surface area contributed by atoms with Crippen molar-refractivity contribution in [2.24, 2.45) is 11.0 Å². The van der Waals surface area contributed by atoms with Gasteiger partial charge in [-0.15, -0.1) is 0 Å². The molecule has 2 aliphatic heterocycles. The fourth-order valence-electron chi connectivity index (χ4n) is 2.91. The Balaban J connectivity index is 1.71. The van der Waals surface area contributed by atoms with Crippen molar-refractivity contribution in [3.05, 3.63) is 50.6 Å². The van der Waals surface area contributed by atoms with Crippen molar-refractivity contribution in [1.82, 2.24) is 9.80 Å². The number of hydrogen-bond acceptors (Lipinski definition) is 3. The lowest BCUT2D eigenvalue weighted by atomic mass is 10.1. The zero-order valence-corrected chi connectivity index (χ0v) is 14.8. The van der Waals surface area contributed by atoms with E-state index in [0.29, 0.717) is 18.4 Å². The van der Waals surface area contributed by atoms with Crippen molar-refractivity contribution < 1.29 is 9.77 Å². The largest absolute Gasteiger partial charge is 0.381 e. The van der Waals surface area contributed by atoms with Crippen LogP contribution in [0.3, 0.4) is 0 Å². The van der Waals surface area contributed by atoms with Crippen molar-refractivity contribution in [1.29, 1.82) is 0 Å². The van der Waals surface area contributed by atoms with Gasteiger partial charge in [0.1, 0.15) is 5.10 Å². The van der Waals surface area contributed by atoms with Crippen molar-refractivity contribution in [3.8, 4) is 0 Å². The number of rotatable bonds is 5. The zero-order chi connectivity index (χ0) is 16.9. The topological polar surface area (TPSA) is 71.2 Å². The Morgan fingerprint density at radius 3 is 2.83 bits per heavy atom. The Hall–Kier alpha value is -1.93. The van der Waals surface area contributed by atoms with Gasteiger partial charge in [0, 0.05) is 42.8 Å². The Labute approximate surface area is 148 Å². The maximum Gasteiger partial charge on any atom is 0.278 e. The van der Waals surface area contributed by atoms with Crippen LogP contribution in [0, 0.1) is 16.0 Å². The molecule has 2 aliphatic rings. The lowest BCUT2D eigenvalue weighted by Gasteiger charge is -2.21. The van der Waals surface area contributed by atoms with Crippen LogP contribution in [0.2, 0.25) is 0 Å². The van der Waals surface area contributed by atoms with E-state index in [2.05, 4.69) is 21.0 Å². The fourth-order valence-corrected chi connectivity index (χ4v) is 3.17. The Morgan fingerprint density at radius 1 is 1.38 bits per heavy atom. The number of hydrogen-bond donors (Lipinski definition) is 0. The molecule has 7 nitrogen and oxygen atoms in total. The van der Waals surface area contributed by atoms with Crippen LogP contribution >= 0.6 is 15.9 Å². The number of ether oxygens (including phenoxy) is 1. The second-order valence-electron chi connectivity index (χ2n) is 5.87. The molecule has 1 unspecified atom stereocenters. The van der Waals surface area contributed by atoms with Crippen LogP contribution in [0.25, 0.3) is 6.08 Å². The Bertz CT molecular complexity index is 641. The standard InChI is InChI=1S/C16H19BrN4O3/c17-15-3-1-13(2-4-15)5-7-19-8-9-20(16(19)18-21(22)23)11-14-6-10-24-12-14/h1-5,7,14H,6,8-12H2. The molecule has 2 heterocycles. The average Bonchev–Trinajstić information content (AvgIpc) is 3.18. The second kappa shape index (κ2) is 7.76. The third kappa shape index (κ3) is 4.33. The van der Waals surface area contributed by atoms with E-state index in [0.717, 1.165) is 42.8 Å². The van der Waals surface area contributed by atoms with Gasteiger partial charge in [-0.2, -0.15) is 0 Å². The zero-order valence-electron chi connectivity index (χ0n) is 13.2. The summed E-state index contributed by atoms with van der Waals surface area (Å²) < 4.78 is 6.41. The highest BCUT2D eigenvalue weighted by Crippen LogP contribution is 2.19. The molecule has 1 aromatic rings. The quantitative estimate of drug-likeness (QED) is 0.566. The van der Waals surface area contributed by atoms with Crippen LogP contribution in [-0.4, -0.2) is 53.6 Å². The molecule has 8 heteroatoms. The third-order valence-electron chi connectivity index (χ3n) is 4.14. The SMILES string of the molecule is O=[N+]([O-])N=C1N(C=Cc2ccc(Br)cc2)CCN1CC1CCOC1. The fraction of sp³-hybridized carbons (Fsp3) is 0.438. The maximum absolute atomic E-state index is 10.9. The first kappa shape index (κ1) is 16.9. The van der Waals surface area contributed by atoms with E-state index in [4.69, 9.17) is 4.74 Å². The summed E-state index contributed by atoms with van der Waals surface area (Å²) in [7, 11) is 0. The molecule has 1 atom stereocenters. The highest BCUT2D eigenvalue weighted by atomic mass is 79.9. The molecule has 1 aromatic carbocycles. The number of nitro groups is 1. The van der Waals surface area contributed by atoms with Crippen LogP contribution in [0.1, 0.15) is 12.0 Å². The summed E-state index contributed by atoms with van der Waals surface area (Å²) in [6, 6.07) is 7.88. The van der Waals surface area contributed by atoms with Gasteiger partial charge in [0.25, 0.3) is 5.96 Å². The molecule has 128 valence electrons. The first-order valence-corrected chi connectivity index (χ1v) is 8.67. The van der Waals surface area contributed by atoms with Crippen molar-refractivity contribution in [2.45, 2.75) is 6.42 Å². The van der Waals surface area contributed by atoms with E-state index in [-0.39, 0.29) is 0 Å². The van der Waals surface area contributed by atoms with Crippen LogP contribution in [0.5, 0.6) is 0 Å². The highest BCUT2D eigenvalue weighted by molar-refractivity contribution is 9.10. The lowest BCUT2D eigenvalue weighted by molar-refractivity contribution is -0.486. The van der Waals surface area contributed by atoms with Gasteiger partial charge in [0.2, 0.25) is 0 Å². The first-order chi connectivity index (χ1) is 11.6. The van der Waals surface area contributed by atoms with Crippen molar-refractivity contribution in [2.75, 3.05) is 32.8 Å². The molecule has 0 bridgehead atoms. The Kier molecular flexibility index (Phi) is 5.47. The summed E-state index contributed by atoms with van der Waals surface area (Å²) in [6.45, 7) is 3.65. The number of halogens is 1. The van der Waals surface area contributed by atoms with Gasteiger partial charge in [0.05, 0.1) is 6.61 Å². The van der Waals surface area contributed by atoms with Gasteiger partial charge in [-0.05, 0) is 30.2 Å². The maximum atomic E-state index is 10.9. The molecular weight excluding hydrogens is 376 g/mol. The smallest absolute Gasteiger partial charge is 0.278 e. The average molecular weight is 395 g/mol. The number of nitrogens with zero attached hydrogens (tertiary/aromatic N) is 4. The lowest BCUT2D eigenvalue weighted by Crippen LogP contribution is -2.35. The van der Waals surface area contributed by atoms with Crippen LogP contribution < -0.4 is 0 Å². The van der Waals surface area contributed by atoms with Gasteiger partial charge in [-0.3, -0.25) is 0 Å². The van der Waals surface area contributed by atoms with E-state index in [1.807, 2.05) is 46.3 Å². The molecule has 0 amide bonds. The van der Waals surface area contributed by atoms with Gasteiger partial charge in [-0.25, -0.2) is 10.1 Å². The minimum absolute atomic E-state index is 0.403. The predicted molar refractivity (Wildman–Crippen MR) is 94.8 cm³/mol. The highest BCUT2D eigenvalue weighted by Gasteiger charge is 2.31. The van der Waals surface area contributed by atoms with Gasteiger partial charge in [-0.1, -0.05) is 28.1 Å². The molecule has 0 saturated carbocycles. The molecule has 3 rings (SSSR count). The first-order valence-electron chi connectivity index (χ1n) is 7.88.